The van der Waals surface area contributed by atoms with E-state index >= 15 is 0 Å². The minimum Gasteiger partial charge on any atom is -0.542 e. The lowest BCUT2D eigenvalue weighted by Crippen LogP contribution is -2.38. The number of hydrogen-bond acceptors (Lipinski definition) is 5. The maximum Gasteiger partial charge on any atom is 0.430 e. The fourth-order valence-corrected chi connectivity index (χ4v) is 1.73. The standard InChI is InChI=1S/C13H10F3N3O2.C2HF3O2/c14-13(15,16)10-2-1-5-17-12(10)9-3-6-19(18-8-9)7-4-11(20)21;3-2(4,5)1(6)7/h1-3,5-6,8H,4,7H2;(H,6,7). The predicted molar refractivity (Wildman–Crippen MR) is 76.0 cm³/mol. The van der Waals surface area contributed by atoms with E-state index in [1.165, 1.54) is 35.4 Å². The first-order chi connectivity index (χ1) is 12.8. The lowest BCUT2D eigenvalue weighted by molar-refractivity contribution is -0.752. The summed E-state index contributed by atoms with van der Waals surface area (Å²) >= 11 is 0. The molecule has 0 aliphatic rings. The van der Waals surface area contributed by atoms with Gasteiger partial charge in [0, 0.05) is 17.8 Å². The van der Waals surface area contributed by atoms with Crippen LogP contribution in [0.4, 0.5) is 26.3 Å². The van der Waals surface area contributed by atoms with Crippen LogP contribution in [0.1, 0.15) is 12.0 Å². The Labute approximate surface area is 152 Å². The number of carbonyl (C=O) groups excluding carboxylic acids is 1. The van der Waals surface area contributed by atoms with Gasteiger partial charge in [0.2, 0.25) is 0 Å². The van der Waals surface area contributed by atoms with Crippen molar-refractivity contribution in [1.82, 2.24) is 10.1 Å². The number of halogens is 6. The molecule has 2 heterocycles. The molecule has 0 saturated heterocycles. The predicted octanol–water partition coefficient (Wildman–Crippen LogP) is 1.22. The summed E-state index contributed by atoms with van der Waals surface area (Å²) in [5, 5.41) is 21.2. The molecule has 0 atom stereocenters. The summed E-state index contributed by atoms with van der Waals surface area (Å²) in [5.41, 5.74) is -0.826. The van der Waals surface area contributed by atoms with Crippen LogP contribution in [-0.2, 0) is 22.3 Å². The molecule has 0 fully saturated rings. The highest BCUT2D eigenvalue weighted by atomic mass is 19.4. The van der Waals surface area contributed by atoms with Gasteiger partial charge in [-0.25, -0.2) is 0 Å². The Morgan fingerprint density at radius 3 is 2.18 bits per heavy atom. The van der Waals surface area contributed by atoms with Gasteiger partial charge in [0.1, 0.15) is 18.6 Å². The number of rotatable bonds is 4. The molecule has 2 aromatic heterocycles. The molecule has 0 amide bonds. The number of hydrogen-bond donors (Lipinski definition) is 1. The van der Waals surface area contributed by atoms with E-state index in [4.69, 9.17) is 15.0 Å². The van der Waals surface area contributed by atoms with E-state index in [1.54, 1.807) is 0 Å². The SMILES string of the molecule is O=C(O)CC[n+]1ccc(-c2ncccc2C(F)(F)F)cn1.O=C([O-])C(F)(F)F. The van der Waals surface area contributed by atoms with Gasteiger partial charge >= 0.3 is 18.3 Å². The van der Waals surface area contributed by atoms with Crippen LogP contribution in [-0.4, -0.2) is 33.3 Å². The molecule has 1 N–H and O–H groups in total. The first kappa shape index (κ1) is 22.8. The summed E-state index contributed by atoms with van der Waals surface area (Å²) in [5.74, 6) is -3.98. The molecular weight excluding hydrogens is 400 g/mol. The van der Waals surface area contributed by atoms with Gasteiger partial charge in [-0.1, -0.05) is 4.68 Å². The summed E-state index contributed by atoms with van der Waals surface area (Å²) in [6.07, 6.45) is -5.88. The quantitative estimate of drug-likeness (QED) is 0.599. The molecule has 0 aliphatic heterocycles. The van der Waals surface area contributed by atoms with E-state index in [1.807, 2.05) is 0 Å². The van der Waals surface area contributed by atoms with Crippen LogP contribution >= 0.6 is 0 Å². The summed E-state index contributed by atoms with van der Waals surface area (Å²) in [6.45, 7) is 0.143. The van der Waals surface area contributed by atoms with Crippen LogP contribution < -0.4 is 9.79 Å². The molecule has 7 nitrogen and oxygen atoms in total. The van der Waals surface area contributed by atoms with Crippen molar-refractivity contribution < 1.29 is 50.8 Å². The van der Waals surface area contributed by atoms with E-state index in [-0.39, 0.29) is 24.2 Å². The third-order valence-corrected chi connectivity index (χ3v) is 2.94. The zero-order valence-electron chi connectivity index (χ0n) is 13.7. The fraction of sp³-hybridized carbons (Fsp3) is 0.267. The number of aliphatic carboxylic acids is 2. The topological polar surface area (TPSA) is 107 Å². The largest absolute Gasteiger partial charge is 0.542 e. The fourth-order valence-electron chi connectivity index (χ4n) is 1.73. The average Bonchev–Trinajstić information content (AvgIpc) is 2.59. The number of aromatic nitrogens is 3. The van der Waals surface area contributed by atoms with Crippen molar-refractivity contribution in [2.24, 2.45) is 0 Å². The second-order valence-corrected chi connectivity index (χ2v) is 5.01. The van der Waals surface area contributed by atoms with Crippen molar-refractivity contribution in [1.29, 1.82) is 0 Å². The van der Waals surface area contributed by atoms with Crippen molar-refractivity contribution in [3.63, 3.8) is 0 Å². The normalized spacial score (nSPS) is 11.4. The average molecular weight is 411 g/mol. The lowest BCUT2D eigenvalue weighted by Gasteiger charge is -2.10. The number of alkyl halides is 6. The number of carbonyl (C=O) groups is 2. The second-order valence-electron chi connectivity index (χ2n) is 5.01. The zero-order valence-corrected chi connectivity index (χ0v) is 13.7. The van der Waals surface area contributed by atoms with E-state index in [0.717, 1.165) is 6.07 Å². The Hall–Kier alpha value is -3.25. The van der Waals surface area contributed by atoms with Crippen LogP contribution in [0.5, 0.6) is 0 Å². The first-order valence-corrected chi connectivity index (χ1v) is 7.20. The van der Waals surface area contributed by atoms with Crippen LogP contribution in [0.2, 0.25) is 0 Å². The molecule has 0 aromatic carbocycles. The summed E-state index contributed by atoms with van der Waals surface area (Å²) in [6, 6.07) is 3.59. The van der Waals surface area contributed by atoms with Gasteiger partial charge in [-0.2, -0.15) is 26.3 Å². The molecule has 0 unspecified atom stereocenters. The van der Waals surface area contributed by atoms with Gasteiger partial charge in [0.25, 0.3) is 0 Å². The van der Waals surface area contributed by atoms with Gasteiger partial charge < -0.3 is 15.0 Å². The van der Waals surface area contributed by atoms with Gasteiger partial charge in [-0.3, -0.25) is 9.78 Å². The minimum atomic E-state index is -5.19. The molecular formula is C15H11F6N3O4. The van der Waals surface area contributed by atoms with Crippen LogP contribution in [0.3, 0.4) is 0 Å². The number of aryl methyl sites for hydroxylation is 1. The Bertz CT molecular complexity index is 822. The third-order valence-electron chi connectivity index (χ3n) is 2.94. The lowest BCUT2D eigenvalue weighted by atomic mass is 10.1. The van der Waals surface area contributed by atoms with Gasteiger partial charge in [-0.05, 0) is 17.2 Å². The highest BCUT2D eigenvalue weighted by Crippen LogP contribution is 2.35. The molecule has 28 heavy (non-hydrogen) atoms. The molecule has 0 spiro atoms. The first-order valence-electron chi connectivity index (χ1n) is 7.20. The number of carboxylic acid groups (broad SMARTS) is 2. The van der Waals surface area contributed by atoms with Crippen molar-refractivity contribution in [3.8, 4) is 11.3 Å². The molecule has 0 bridgehead atoms. The molecule has 152 valence electrons. The number of carboxylic acids is 2. The highest BCUT2D eigenvalue weighted by Gasteiger charge is 2.34. The van der Waals surface area contributed by atoms with Crippen molar-refractivity contribution in [2.45, 2.75) is 25.3 Å². The molecule has 0 aliphatic carbocycles. The Kier molecular flexibility index (Phi) is 7.41. The van der Waals surface area contributed by atoms with Crippen molar-refractivity contribution in [2.75, 3.05) is 0 Å². The Balaban J connectivity index is 0.000000480. The maximum atomic E-state index is 12.9. The Morgan fingerprint density at radius 1 is 1.14 bits per heavy atom. The van der Waals surface area contributed by atoms with E-state index in [9.17, 15) is 31.1 Å². The van der Waals surface area contributed by atoms with Crippen molar-refractivity contribution >= 4 is 11.9 Å². The highest BCUT2D eigenvalue weighted by molar-refractivity contribution is 5.70. The van der Waals surface area contributed by atoms with Crippen LogP contribution in [0, 0.1) is 0 Å². The zero-order chi connectivity index (χ0) is 21.5. The summed E-state index contributed by atoms with van der Waals surface area (Å²) < 4.78 is 71.6. The molecule has 13 heteroatoms. The Morgan fingerprint density at radius 2 is 1.75 bits per heavy atom. The van der Waals surface area contributed by atoms with Gasteiger partial charge in [0.05, 0.1) is 11.3 Å². The maximum absolute atomic E-state index is 12.9. The van der Waals surface area contributed by atoms with Crippen LogP contribution in [0.25, 0.3) is 11.3 Å². The van der Waals surface area contributed by atoms with E-state index in [2.05, 4.69) is 10.1 Å². The van der Waals surface area contributed by atoms with E-state index in [0.29, 0.717) is 0 Å². The van der Waals surface area contributed by atoms with Gasteiger partial charge in [-0.15, -0.1) is 0 Å². The van der Waals surface area contributed by atoms with Crippen molar-refractivity contribution in [3.05, 3.63) is 42.4 Å². The van der Waals surface area contributed by atoms with E-state index < -0.39 is 29.9 Å². The smallest absolute Gasteiger partial charge is 0.430 e. The van der Waals surface area contributed by atoms with Crippen LogP contribution in [0.15, 0.2) is 36.8 Å². The second kappa shape index (κ2) is 9.10. The molecule has 0 saturated carbocycles. The minimum absolute atomic E-state index is 0.117. The summed E-state index contributed by atoms with van der Waals surface area (Å²) in [7, 11) is 0. The number of nitrogens with zero attached hydrogens (tertiary/aromatic N) is 3. The third kappa shape index (κ3) is 7.17. The monoisotopic (exact) mass is 411 g/mol. The molecule has 0 radical (unpaired) electrons. The number of pyridine rings is 1. The molecule has 2 rings (SSSR count). The molecule has 2 aromatic rings. The van der Waals surface area contributed by atoms with Gasteiger partial charge in [0.15, 0.2) is 12.7 Å². The summed E-state index contributed by atoms with van der Waals surface area (Å²) in [4.78, 5) is 23.0.